The Morgan fingerprint density at radius 2 is 2.24 bits per heavy atom. The molecule has 0 spiro atoms. The van der Waals surface area contributed by atoms with E-state index in [-0.39, 0.29) is 11.5 Å². The van der Waals surface area contributed by atoms with Crippen molar-refractivity contribution in [1.29, 1.82) is 0 Å². The van der Waals surface area contributed by atoms with Crippen molar-refractivity contribution < 1.29 is 14.3 Å². The fraction of sp³-hybridized carbons (Fsp3) is 0.438. The zero-order chi connectivity index (χ0) is 15.3. The predicted octanol–water partition coefficient (Wildman–Crippen LogP) is 3.71. The van der Waals surface area contributed by atoms with Gasteiger partial charge in [-0.25, -0.2) is 4.79 Å². The number of methoxy groups -OCH3 is 1. The van der Waals surface area contributed by atoms with Crippen LogP contribution < -0.4 is 10.1 Å². The van der Waals surface area contributed by atoms with Crippen molar-refractivity contribution in [3.05, 3.63) is 35.2 Å². The average molecular weight is 307 g/mol. The van der Waals surface area contributed by atoms with Crippen LogP contribution in [0, 0.1) is 0 Å². The second-order valence-corrected chi connectivity index (χ2v) is 6.05. The lowest BCUT2D eigenvalue weighted by atomic mass is 9.79. The third kappa shape index (κ3) is 3.73. The normalized spacial score (nSPS) is 19.8. The van der Waals surface area contributed by atoms with E-state index in [2.05, 4.69) is 35.9 Å². The van der Waals surface area contributed by atoms with Crippen LogP contribution in [0.5, 0.6) is 5.75 Å². The summed E-state index contributed by atoms with van der Waals surface area (Å²) in [7, 11) is 1.67. The Balaban J connectivity index is 2.09. The summed E-state index contributed by atoms with van der Waals surface area (Å²) >= 11 is 1.71. The molecule has 0 aromatic heterocycles. The molecular weight excluding hydrogens is 286 g/mol. The van der Waals surface area contributed by atoms with Crippen LogP contribution in [0.2, 0.25) is 0 Å². The second-order valence-electron chi connectivity index (χ2n) is 5.10. The fourth-order valence-electron chi connectivity index (χ4n) is 2.36. The highest BCUT2D eigenvalue weighted by Crippen LogP contribution is 2.42. The van der Waals surface area contributed by atoms with E-state index >= 15 is 0 Å². The van der Waals surface area contributed by atoms with E-state index in [9.17, 15) is 4.79 Å². The van der Waals surface area contributed by atoms with Crippen molar-refractivity contribution in [2.75, 3.05) is 20.3 Å². The summed E-state index contributed by atoms with van der Waals surface area (Å²) in [6.45, 7) is 4.93. The number of allylic oxidation sites excluding steroid dienone is 1. The zero-order valence-corrected chi connectivity index (χ0v) is 13.5. The lowest BCUT2D eigenvalue weighted by Gasteiger charge is -2.31. The third-order valence-electron chi connectivity index (χ3n) is 3.62. The number of hydrogen-bond acceptors (Lipinski definition) is 4. The number of fused-ring (bicyclic) bond motifs is 1. The first kappa shape index (κ1) is 15.8. The Kier molecular flexibility index (Phi) is 5.17. The Hall–Kier alpha value is -1.62. The maximum absolute atomic E-state index is 11.4. The molecule has 1 aliphatic rings. The molecule has 0 bridgehead atoms. The smallest absolute Gasteiger partial charge is 0.407 e. The summed E-state index contributed by atoms with van der Waals surface area (Å²) in [5.74, 6) is 0.856. The fourth-order valence-corrected chi connectivity index (χ4v) is 3.44. The Bertz CT molecular complexity index is 544. The van der Waals surface area contributed by atoms with Crippen molar-refractivity contribution in [3.63, 3.8) is 0 Å². The number of benzene rings is 1. The first-order valence-corrected chi connectivity index (χ1v) is 7.90. The van der Waals surface area contributed by atoms with Crippen LogP contribution in [-0.2, 0) is 10.2 Å². The molecule has 0 saturated carbocycles. The largest absolute Gasteiger partial charge is 0.497 e. The highest BCUT2D eigenvalue weighted by atomic mass is 32.2. The minimum Gasteiger partial charge on any atom is -0.497 e. The molecule has 1 N–H and O–H groups in total. The van der Waals surface area contributed by atoms with Gasteiger partial charge in [0, 0.05) is 16.9 Å². The molecule has 1 aromatic carbocycles. The Morgan fingerprint density at radius 3 is 2.95 bits per heavy atom. The van der Waals surface area contributed by atoms with Crippen LogP contribution in [0.1, 0.15) is 25.8 Å². The van der Waals surface area contributed by atoms with Gasteiger partial charge in [0.2, 0.25) is 0 Å². The van der Waals surface area contributed by atoms with Gasteiger partial charge in [0.05, 0.1) is 13.7 Å². The van der Waals surface area contributed by atoms with Gasteiger partial charge < -0.3 is 14.8 Å². The molecule has 5 heteroatoms. The lowest BCUT2D eigenvalue weighted by Crippen LogP contribution is -2.31. The molecule has 1 aromatic rings. The van der Waals surface area contributed by atoms with Crippen molar-refractivity contribution in [2.24, 2.45) is 0 Å². The number of ether oxygens (including phenoxy) is 2. The van der Waals surface area contributed by atoms with Crippen LogP contribution in [0.15, 0.2) is 34.6 Å². The molecular formula is C16H21NO3S. The van der Waals surface area contributed by atoms with Crippen LogP contribution in [-0.4, -0.2) is 26.4 Å². The molecule has 0 fully saturated rings. The highest BCUT2D eigenvalue weighted by molar-refractivity contribution is 8.02. The van der Waals surface area contributed by atoms with Crippen molar-refractivity contribution in [2.45, 2.75) is 30.6 Å². The molecule has 0 saturated heterocycles. The lowest BCUT2D eigenvalue weighted by molar-refractivity contribution is 0.151. The van der Waals surface area contributed by atoms with Crippen molar-refractivity contribution >= 4 is 17.9 Å². The molecule has 1 amide bonds. The number of hydrogen-bond donors (Lipinski definition) is 1. The zero-order valence-electron chi connectivity index (χ0n) is 12.6. The summed E-state index contributed by atoms with van der Waals surface area (Å²) in [4.78, 5) is 12.6. The molecule has 4 nitrogen and oxygen atoms in total. The van der Waals surface area contributed by atoms with E-state index < -0.39 is 0 Å². The number of carbonyl (C=O) groups is 1. The monoisotopic (exact) mass is 307 g/mol. The van der Waals surface area contributed by atoms with Crippen LogP contribution in [0.4, 0.5) is 4.79 Å². The van der Waals surface area contributed by atoms with Crippen LogP contribution in [0.3, 0.4) is 0 Å². The van der Waals surface area contributed by atoms with Crippen LogP contribution >= 0.6 is 11.8 Å². The van der Waals surface area contributed by atoms with Crippen molar-refractivity contribution in [1.82, 2.24) is 5.32 Å². The van der Waals surface area contributed by atoms with Gasteiger partial charge >= 0.3 is 6.09 Å². The van der Waals surface area contributed by atoms with Gasteiger partial charge in [-0.2, -0.15) is 0 Å². The van der Waals surface area contributed by atoms with E-state index in [1.807, 2.05) is 6.07 Å². The summed E-state index contributed by atoms with van der Waals surface area (Å²) in [5, 5.41) is 4.89. The number of alkyl carbamates (subject to hydrolysis) is 1. The quantitative estimate of drug-likeness (QED) is 0.901. The van der Waals surface area contributed by atoms with Gasteiger partial charge in [0.25, 0.3) is 0 Å². The van der Waals surface area contributed by atoms with E-state index in [1.165, 1.54) is 10.5 Å². The minimum absolute atomic E-state index is 0.116. The SMILES string of the molecule is CCOC(=O)NCCC1(C)C=CSc2ccc(OC)cc21. The number of nitrogens with one attached hydrogen (secondary N) is 1. The maximum Gasteiger partial charge on any atom is 0.407 e. The summed E-state index contributed by atoms with van der Waals surface area (Å²) < 4.78 is 10.2. The molecule has 1 aliphatic heterocycles. The second kappa shape index (κ2) is 6.89. The molecule has 0 aliphatic carbocycles. The Labute approximate surface area is 129 Å². The van der Waals surface area contributed by atoms with Crippen molar-refractivity contribution in [3.8, 4) is 5.75 Å². The van der Waals surface area contributed by atoms with E-state index in [0.717, 1.165) is 12.2 Å². The van der Waals surface area contributed by atoms with Crippen LogP contribution in [0.25, 0.3) is 0 Å². The molecule has 1 unspecified atom stereocenters. The van der Waals surface area contributed by atoms with E-state index in [1.54, 1.807) is 25.8 Å². The van der Waals surface area contributed by atoms with E-state index in [4.69, 9.17) is 9.47 Å². The Morgan fingerprint density at radius 1 is 1.43 bits per heavy atom. The third-order valence-corrected chi connectivity index (χ3v) is 4.50. The average Bonchev–Trinajstić information content (AvgIpc) is 2.47. The molecule has 1 heterocycles. The van der Waals surface area contributed by atoms with Gasteiger partial charge in [0.15, 0.2) is 0 Å². The van der Waals surface area contributed by atoms with Gasteiger partial charge in [-0.3, -0.25) is 0 Å². The summed E-state index contributed by atoms with van der Waals surface area (Å²) in [6, 6.07) is 6.14. The summed E-state index contributed by atoms with van der Waals surface area (Å²) in [6.07, 6.45) is 2.64. The summed E-state index contributed by atoms with van der Waals surface area (Å²) in [5.41, 5.74) is 1.12. The number of amides is 1. The first-order valence-electron chi connectivity index (χ1n) is 7.02. The maximum atomic E-state index is 11.4. The topological polar surface area (TPSA) is 47.6 Å². The highest BCUT2D eigenvalue weighted by Gasteiger charge is 2.29. The molecule has 21 heavy (non-hydrogen) atoms. The number of carbonyl (C=O) groups excluding carboxylic acids is 1. The number of rotatable bonds is 5. The van der Waals surface area contributed by atoms with Gasteiger partial charge in [0.1, 0.15) is 5.75 Å². The molecule has 1 atom stereocenters. The molecule has 0 radical (unpaired) electrons. The van der Waals surface area contributed by atoms with Gasteiger partial charge in [-0.1, -0.05) is 24.8 Å². The molecule has 114 valence electrons. The minimum atomic E-state index is -0.360. The standard InChI is InChI=1S/C16H21NO3S/c1-4-20-15(18)17-9-7-16(2)8-10-21-14-6-5-12(19-3)11-13(14)16/h5-6,8,10-11H,4,7,9H2,1-3H3,(H,17,18). The first-order chi connectivity index (χ1) is 10.1. The molecule has 2 rings (SSSR count). The number of thioether (sulfide) groups is 1. The van der Waals surface area contributed by atoms with Gasteiger partial charge in [-0.05, 0) is 42.5 Å². The predicted molar refractivity (Wildman–Crippen MR) is 85.0 cm³/mol. The van der Waals surface area contributed by atoms with E-state index in [0.29, 0.717) is 13.2 Å². The van der Waals surface area contributed by atoms with Gasteiger partial charge in [-0.15, -0.1) is 0 Å².